The molecule has 1 aromatic heterocycles. The minimum Gasteiger partial charge on any atom is -0.361 e. The summed E-state index contributed by atoms with van der Waals surface area (Å²) in [5.74, 6) is 0.892. The second-order valence-corrected chi connectivity index (χ2v) is 5.97. The second kappa shape index (κ2) is 6.41. The van der Waals surface area contributed by atoms with Crippen molar-refractivity contribution in [2.75, 3.05) is 26.2 Å². The zero-order chi connectivity index (χ0) is 14.7. The second-order valence-electron chi connectivity index (χ2n) is 5.97. The van der Waals surface area contributed by atoms with Gasteiger partial charge in [-0.3, -0.25) is 9.80 Å². The molecule has 0 atom stereocenters. The molecule has 2 heterocycles. The Hall–Kier alpha value is -1.65. The van der Waals surface area contributed by atoms with E-state index in [0.717, 1.165) is 50.7 Å². The number of aryl methyl sites for hydroxylation is 2. The fourth-order valence-electron chi connectivity index (χ4n) is 2.78. The topological polar surface area (TPSA) is 32.5 Å². The van der Waals surface area contributed by atoms with E-state index in [2.05, 4.69) is 46.1 Å². The molecule has 1 fully saturated rings. The van der Waals surface area contributed by atoms with E-state index in [0.29, 0.717) is 0 Å². The SMILES string of the molecule is Cc1ccc(CN2CCN(Cc3cc(C)on3)CC2)cc1. The van der Waals surface area contributed by atoms with Crippen LogP contribution in [0.4, 0.5) is 0 Å². The third kappa shape index (κ3) is 3.93. The van der Waals surface area contributed by atoms with Crippen LogP contribution in [0.2, 0.25) is 0 Å². The highest BCUT2D eigenvalue weighted by molar-refractivity contribution is 5.21. The van der Waals surface area contributed by atoms with Crippen LogP contribution in [0, 0.1) is 13.8 Å². The standard InChI is InChI=1S/C17H23N3O/c1-14-3-5-16(6-4-14)12-19-7-9-20(10-8-19)13-17-11-15(2)21-18-17/h3-6,11H,7-10,12-13H2,1-2H3. The molecule has 2 aromatic rings. The summed E-state index contributed by atoms with van der Waals surface area (Å²) in [6, 6.07) is 10.9. The molecule has 21 heavy (non-hydrogen) atoms. The third-order valence-electron chi connectivity index (χ3n) is 4.05. The first-order chi connectivity index (χ1) is 10.2. The van der Waals surface area contributed by atoms with E-state index >= 15 is 0 Å². The van der Waals surface area contributed by atoms with Gasteiger partial charge in [0.2, 0.25) is 0 Å². The largest absolute Gasteiger partial charge is 0.361 e. The van der Waals surface area contributed by atoms with Gasteiger partial charge in [0.15, 0.2) is 0 Å². The molecule has 0 N–H and O–H groups in total. The van der Waals surface area contributed by atoms with Crippen LogP contribution < -0.4 is 0 Å². The van der Waals surface area contributed by atoms with Crippen molar-refractivity contribution in [3.05, 3.63) is 52.9 Å². The predicted molar refractivity (Wildman–Crippen MR) is 83.0 cm³/mol. The highest BCUT2D eigenvalue weighted by atomic mass is 16.5. The molecule has 0 amide bonds. The summed E-state index contributed by atoms with van der Waals surface area (Å²) in [6.07, 6.45) is 0. The van der Waals surface area contributed by atoms with Crippen molar-refractivity contribution in [3.8, 4) is 0 Å². The summed E-state index contributed by atoms with van der Waals surface area (Å²) in [4.78, 5) is 4.97. The fourth-order valence-corrected chi connectivity index (χ4v) is 2.78. The minimum atomic E-state index is 0.892. The van der Waals surface area contributed by atoms with Gasteiger partial charge >= 0.3 is 0 Å². The smallest absolute Gasteiger partial charge is 0.133 e. The third-order valence-corrected chi connectivity index (χ3v) is 4.05. The van der Waals surface area contributed by atoms with Gasteiger partial charge in [0, 0.05) is 45.3 Å². The first-order valence-corrected chi connectivity index (χ1v) is 7.61. The van der Waals surface area contributed by atoms with Crippen LogP contribution in [0.5, 0.6) is 0 Å². The van der Waals surface area contributed by atoms with Gasteiger partial charge < -0.3 is 4.52 Å². The molecule has 3 rings (SSSR count). The zero-order valence-electron chi connectivity index (χ0n) is 12.9. The summed E-state index contributed by atoms with van der Waals surface area (Å²) in [5, 5.41) is 4.07. The average Bonchev–Trinajstić information content (AvgIpc) is 2.89. The average molecular weight is 285 g/mol. The van der Waals surface area contributed by atoms with Crippen LogP contribution in [0.3, 0.4) is 0 Å². The first-order valence-electron chi connectivity index (χ1n) is 7.61. The Morgan fingerprint density at radius 1 is 0.952 bits per heavy atom. The number of rotatable bonds is 4. The Labute approximate surface area is 126 Å². The Morgan fingerprint density at radius 3 is 2.14 bits per heavy atom. The van der Waals surface area contributed by atoms with E-state index < -0.39 is 0 Å². The maximum Gasteiger partial charge on any atom is 0.133 e. The molecule has 112 valence electrons. The zero-order valence-corrected chi connectivity index (χ0v) is 12.9. The van der Waals surface area contributed by atoms with E-state index in [1.54, 1.807) is 0 Å². The van der Waals surface area contributed by atoms with Gasteiger partial charge in [-0.1, -0.05) is 35.0 Å². The van der Waals surface area contributed by atoms with Crippen molar-refractivity contribution >= 4 is 0 Å². The van der Waals surface area contributed by atoms with Crippen molar-refractivity contribution in [1.82, 2.24) is 15.0 Å². The van der Waals surface area contributed by atoms with Crippen LogP contribution in [0.15, 0.2) is 34.9 Å². The molecule has 4 heteroatoms. The van der Waals surface area contributed by atoms with Gasteiger partial charge in [0.1, 0.15) is 5.76 Å². The Bertz CT molecular complexity index is 568. The van der Waals surface area contributed by atoms with E-state index in [1.807, 2.05) is 13.0 Å². The summed E-state index contributed by atoms with van der Waals surface area (Å²) in [7, 11) is 0. The van der Waals surface area contributed by atoms with Crippen molar-refractivity contribution in [3.63, 3.8) is 0 Å². The number of hydrogen-bond acceptors (Lipinski definition) is 4. The van der Waals surface area contributed by atoms with Gasteiger partial charge in [-0.15, -0.1) is 0 Å². The molecule has 1 aliphatic heterocycles. The lowest BCUT2D eigenvalue weighted by atomic mass is 10.1. The van der Waals surface area contributed by atoms with Crippen molar-refractivity contribution in [1.29, 1.82) is 0 Å². The Balaban J connectivity index is 1.47. The van der Waals surface area contributed by atoms with E-state index in [9.17, 15) is 0 Å². The Morgan fingerprint density at radius 2 is 1.57 bits per heavy atom. The fraction of sp³-hybridized carbons (Fsp3) is 0.471. The maximum atomic E-state index is 5.13. The molecular formula is C17H23N3O. The van der Waals surface area contributed by atoms with Gasteiger partial charge in [0.25, 0.3) is 0 Å². The van der Waals surface area contributed by atoms with Crippen molar-refractivity contribution in [2.45, 2.75) is 26.9 Å². The van der Waals surface area contributed by atoms with Gasteiger partial charge in [0.05, 0.1) is 5.69 Å². The van der Waals surface area contributed by atoms with Crippen LogP contribution in [0.25, 0.3) is 0 Å². The summed E-state index contributed by atoms with van der Waals surface area (Å²) < 4.78 is 5.13. The molecule has 0 saturated carbocycles. The molecule has 0 aliphatic carbocycles. The number of aromatic nitrogens is 1. The summed E-state index contributed by atoms with van der Waals surface area (Å²) >= 11 is 0. The molecule has 1 aromatic carbocycles. The molecule has 0 bridgehead atoms. The highest BCUT2D eigenvalue weighted by Gasteiger charge is 2.18. The first kappa shape index (κ1) is 14.3. The van der Waals surface area contributed by atoms with Crippen LogP contribution in [-0.2, 0) is 13.1 Å². The molecule has 0 unspecified atom stereocenters. The van der Waals surface area contributed by atoms with E-state index in [1.165, 1.54) is 11.1 Å². The summed E-state index contributed by atoms with van der Waals surface area (Å²) in [6.45, 7) is 10.4. The van der Waals surface area contributed by atoms with E-state index in [-0.39, 0.29) is 0 Å². The monoisotopic (exact) mass is 285 g/mol. The number of benzene rings is 1. The van der Waals surface area contributed by atoms with Crippen LogP contribution in [0.1, 0.15) is 22.6 Å². The van der Waals surface area contributed by atoms with Crippen molar-refractivity contribution < 1.29 is 4.52 Å². The lowest BCUT2D eigenvalue weighted by molar-refractivity contribution is 0.120. The van der Waals surface area contributed by atoms with Crippen LogP contribution in [-0.4, -0.2) is 41.1 Å². The molecule has 4 nitrogen and oxygen atoms in total. The highest BCUT2D eigenvalue weighted by Crippen LogP contribution is 2.12. The predicted octanol–water partition coefficient (Wildman–Crippen LogP) is 2.61. The molecule has 1 aliphatic rings. The maximum absolute atomic E-state index is 5.13. The van der Waals surface area contributed by atoms with Crippen LogP contribution >= 0.6 is 0 Å². The lowest BCUT2D eigenvalue weighted by Gasteiger charge is -2.34. The lowest BCUT2D eigenvalue weighted by Crippen LogP contribution is -2.45. The normalized spacial score (nSPS) is 17.2. The van der Waals surface area contributed by atoms with Gasteiger partial charge in [-0.05, 0) is 19.4 Å². The molecule has 1 saturated heterocycles. The number of piperazine rings is 1. The summed E-state index contributed by atoms with van der Waals surface area (Å²) in [5.41, 5.74) is 3.77. The molecular weight excluding hydrogens is 262 g/mol. The van der Waals surface area contributed by atoms with Gasteiger partial charge in [-0.25, -0.2) is 0 Å². The van der Waals surface area contributed by atoms with E-state index in [4.69, 9.17) is 4.52 Å². The molecule has 0 radical (unpaired) electrons. The molecule has 0 spiro atoms. The number of hydrogen-bond donors (Lipinski definition) is 0. The van der Waals surface area contributed by atoms with Gasteiger partial charge in [-0.2, -0.15) is 0 Å². The Kier molecular flexibility index (Phi) is 4.36. The minimum absolute atomic E-state index is 0.892. The quantitative estimate of drug-likeness (QED) is 0.864. The number of nitrogens with zero attached hydrogens (tertiary/aromatic N) is 3. The van der Waals surface area contributed by atoms with Crippen molar-refractivity contribution in [2.24, 2.45) is 0 Å².